The summed E-state index contributed by atoms with van der Waals surface area (Å²) in [5.41, 5.74) is 0. The molecule has 0 bridgehead atoms. The van der Waals surface area contributed by atoms with E-state index in [-0.39, 0.29) is 12.1 Å². The summed E-state index contributed by atoms with van der Waals surface area (Å²) < 4.78 is 0. The molecule has 0 radical (unpaired) electrons. The van der Waals surface area contributed by atoms with E-state index in [0.717, 1.165) is 31.6 Å². The van der Waals surface area contributed by atoms with E-state index in [1.54, 1.807) is 0 Å². The molecule has 1 unspecified atom stereocenters. The van der Waals surface area contributed by atoms with Gasteiger partial charge in [-0.15, -0.1) is 0 Å². The fourth-order valence-corrected chi connectivity index (χ4v) is 1.89. The lowest BCUT2D eigenvalue weighted by Crippen LogP contribution is -2.48. The van der Waals surface area contributed by atoms with Gasteiger partial charge >= 0.3 is 12.0 Å². The van der Waals surface area contributed by atoms with E-state index in [9.17, 15) is 9.59 Å². The minimum Gasteiger partial charge on any atom is -0.480 e. The van der Waals surface area contributed by atoms with Gasteiger partial charge in [0, 0.05) is 6.04 Å². The van der Waals surface area contributed by atoms with Crippen molar-refractivity contribution in [3.63, 3.8) is 0 Å². The van der Waals surface area contributed by atoms with Crippen molar-refractivity contribution in [3.05, 3.63) is 0 Å². The third-order valence-corrected chi connectivity index (χ3v) is 3.07. The van der Waals surface area contributed by atoms with E-state index < -0.39 is 12.0 Å². The van der Waals surface area contributed by atoms with Crippen LogP contribution in [0.15, 0.2) is 0 Å². The molecule has 0 aromatic carbocycles. The Balaban J connectivity index is 2.26. The Labute approximate surface area is 95.6 Å². The second-order valence-corrected chi connectivity index (χ2v) is 4.63. The summed E-state index contributed by atoms with van der Waals surface area (Å²) in [6.07, 6.45) is 4.21. The van der Waals surface area contributed by atoms with E-state index in [2.05, 4.69) is 17.6 Å². The maximum absolute atomic E-state index is 11.4. The van der Waals surface area contributed by atoms with Crippen molar-refractivity contribution in [1.29, 1.82) is 0 Å². The number of urea groups is 1. The molecule has 5 heteroatoms. The van der Waals surface area contributed by atoms with E-state index in [1.807, 2.05) is 0 Å². The molecular formula is C11H20N2O3. The number of carboxylic acid groups (broad SMARTS) is 1. The molecule has 1 saturated carbocycles. The van der Waals surface area contributed by atoms with Crippen molar-refractivity contribution in [3.8, 4) is 0 Å². The molecule has 1 atom stereocenters. The number of carbonyl (C=O) groups is 2. The smallest absolute Gasteiger partial charge is 0.325 e. The Bertz CT molecular complexity index is 260. The van der Waals surface area contributed by atoms with Crippen molar-refractivity contribution in [2.45, 2.75) is 51.6 Å². The van der Waals surface area contributed by atoms with Crippen molar-refractivity contribution in [2.24, 2.45) is 5.92 Å². The Hall–Kier alpha value is -1.26. The third kappa shape index (κ3) is 4.08. The Morgan fingerprint density at radius 1 is 1.25 bits per heavy atom. The summed E-state index contributed by atoms with van der Waals surface area (Å²) in [6, 6.07) is -1.03. The highest BCUT2D eigenvalue weighted by molar-refractivity contribution is 5.82. The number of hydrogen-bond acceptors (Lipinski definition) is 2. The number of carbonyl (C=O) groups excluding carboxylic acids is 1. The van der Waals surface area contributed by atoms with Gasteiger partial charge in [-0.05, 0) is 38.5 Å². The van der Waals surface area contributed by atoms with Crippen molar-refractivity contribution < 1.29 is 14.7 Å². The summed E-state index contributed by atoms with van der Waals surface area (Å²) in [5.74, 6) is -0.286. The molecule has 0 heterocycles. The molecule has 0 spiro atoms. The average Bonchev–Trinajstić information content (AvgIpc) is 2.21. The quantitative estimate of drug-likeness (QED) is 0.682. The number of nitrogens with one attached hydrogen (secondary N) is 2. The van der Waals surface area contributed by atoms with Gasteiger partial charge in [0.2, 0.25) is 0 Å². The molecule has 1 aliphatic rings. The van der Waals surface area contributed by atoms with Gasteiger partial charge in [0.05, 0.1) is 0 Å². The van der Waals surface area contributed by atoms with E-state index >= 15 is 0 Å². The molecule has 16 heavy (non-hydrogen) atoms. The van der Waals surface area contributed by atoms with Crippen molar-refractivity contribution in [1.82, 2.24) is 10.6 Å². The second kappa shape index (κ2) is 5.72. The lowest BCUT2D eigenvalue weighted by Gasteiger charge is -2.27. The minimum atomic E-state index is -1.02. The van der Waals surface area contributed by atoms with Gasteiger partial charge in [-0.1, -0.05) is 6.92 Å². The maximum atomic E-state index is 11.4. The normalized spacial score (nSPS) is 26.9. The second-order valence-electron chi connectivity index (χ2n) is 4.63. The minimum absolute atomic E-state index is 0.192. The fraction of sp³-hybridized carbons (Fsp3) is 0.818. The van der Waals surface area contributed by atoms with Crippen molar-refractivity contribution in [2.75, 3.05) is 0 Å². The van der Waals surface area contributed by atoms with Crippen LogP contribution in [-0.4, -0.2) is 29.2 Å². The predicted molar refractivity (Wildman–Crippen MR) is 60.2 cm³/mol. The maximum Gasteiger partial charge on any atom is 0.325 e. The lowest BCUT2D eigenvalue weighted by atomic mass is 9.87. The van der Waals surface area contributed by atoms with E-state index in [4.69, 9.17) is 5.11 Å². The van der Waals surface area contributed by atoms with Gasteiger partial charge in [0.15, 0.2) is 0 Å². The first-order valence-electron chi connectivity index (χ1n) is 5.79. The monoisotopic (exact) mass is 228 g/mol. The van der Waals surface area contributed by atoms with Crippen LogP contribution in [-0.2, 0) is 4.79 Å². The summed E-state index contributed by atoms with van der Waals surface area (Å²) in [7, 11) is 0. The SMILES string of the molecule is CC1CCC(NC(=O)NC(C)C(=O)O)CC1. The Morgan fingerprint density at radius 3 is 2.31 bits per heavy atom. The summed E-state index contributed by atoms with van der Waals surface area (Å²) in [5, 5.41) is 13.8. The van der Waals surface area contributed by atoms with Gasteiger partial charge in [-0.25, -0.2) is 4.79 Å². The van der Waals surface area contributed by atoms with Crippen LogP contribution in [0.1, 0.15) is 39.5 Å². The summed E-state index contributed by atoms with van der Waals surface area (Å²) >= 11 is 0. The predicted octanol–water partition coefficient (Wildman–Crippen LogP) is 1.34. The largest absolute Gasteiger partial charge is 0.480 e. The van der Waals surface area contributed by atoms with Gasteiger partial charge < -0.3 is 15.7 Å². The van der Waals surface area contributed by atoms with Gasteiger partial charge in [-0.3, -0.25) is 4.79 Å². The first kappa shape index (κ1) is 12.8. The number of amides is 2. The van der Waals surface area contributed by atoms with Gasteiger partial charge in [0.25, 0.3) is 0 Å². The molecule has 1 rings (SSSR count). The summed E-state index contributed by atoms with van der Waals surface area (Å²) in [6.45, 7) is 3.66. The Morgan fingerprint density at radius 2 is 1.81 bits per heavy atom. The molecule has 2 amide bonds. The van der Waals surface area contributed by atoms with Crippen molar-refractivity contribution >= 4 is 12.0 Å². The molecule has 0 aliphatic heterocycles. The van der Waals surface area contributed by atoms with Gasteiger partial charge in [0.1, 0.15) is 6.04 Å². The highest BCUT2D eigenvalue weighted by Gasteiger charge is 2.21. The molecule has 1 aliphatic carbocycles. The van der Waals surface area contributed by atoms with Crippen LogP contribution in [0.5, 0.6) is 0 Å². The molecule has 0 aromatic rings. The highest BCUT2D eigenvalue weighted by Crippen LogP contribution is 2.23. The Kier molecular flexibility index (Phi) is 4.58. The van der Waals surface area contributed by atoms with Crippen LogP contribution in [0.2, 0.25) is 0 Å². The van der Waals surface area contributed by atoms with E-state index in [0.29, 0.717) is 0 Å². The number of aliphatic carboxylic acids is 1. The van der Waals surface area contributed by atoms with Crippen LogP contribution < -0.4 is 10.6 Å². The molecule has 92 valence electrons. The van der Waals surface area contributed by atoms with Crippen LogP contribution in [0.4, 0.5) is 4.79 Å². The molecule has 0 saturated heterocycles. The van der Waals surface area contributed by atoms with Crippen LogP contribution in [0.25, 0.3) is 0 Å². The number of rotatable bonds is 3. The van der Waals surface area contributed by atoms with Crippen LogP contribution in [0.3, 0.4) is 0 Å². The zero-order chi connectivity index (χ0) is 12.1. The van der Waals surface area contributed by atoms with Gasteiger partial charge in [-0.2, -0.15) is 0 Å². The molecule has 0 aromatic heterocycles. The molecule has 5 nitrogen and oxygen atoms in total. The summed E-state index contributed by atoms with van der Waals surface area (Å²) in [4.78, 5) is 21.9. The number of hydrogen-bond donors (Lipinski definition) is 3. The zero-order valence-electron chi connectivity index (χ0n) is 9.82. The molecule has 1 fully saturated rings. The van der Waals surface area contributed by atoms with Crippen LogP contribution in [0, 0.1) is 5.92 Å². The first-order valence-corrected chi connectivity index (χ1v) is 5.79. The third-order valence-electron chi connectivity index (χ3n) is 3.07. The molecule has 3 N–H and O–H groups in total. The molecular weight excluding hydrogens is 208 g/mol. The average molecular weight is 228 g/mol. The fourth-order valence-electron chi connectivity index (χ4n) is 1.89. The van der Waals surface area contributed by atoms with Crippen LogP contribution >= 0.6 is 0 Å². The highest BCUT2D eigenvalue weighted by atomic mass is 16.4. The topological polar surface area (TPSA) is 78.4 Å². The zero-order valence-corrected chi connectivity index (χ0v) is 9.82. The standard InChI is InChI=1S/C11H20N2O3/c1-7-3-5-9(6-4-7)13-11(16)12-8(2)10(14)15/h7-9H,3-6H2,1-2H3,(H,14,15)(H2,12,13,16). The number of carboxylic acids is 1. The first-order chi connectivity index (χ1) is 7.49. The van der Waals surface area contributed by atoms with E-state index in [1.165, 1.54) is 6.92 Å². The lowest BCUT2D eigenvalue weighted by molar-refractivity contribution is -0.138.